The normalized spacial score (nSPS) is 26.8. The number of ether oxygens (including phenoxy) is 2. The number of hydrogen-bond donors (Lipinski definition) is 1. The molecule has 0 spiro atoms. The highest BCUT2D eigenvalue weighted by Gasteiger charge is 2.49. The highest BCUT2D eigenvalue weighted by molar-refractivity contribution is 5.68. The zero-order chi connectivity index (χ0) is 20.4. The lowest BCUT2D eigenvalue weighted by atomic mass is 9.54. The van der Waals surface area contributed by atoms with Crippen LogP contribution in [0.3, 0.4) is 0 Å². The van der Waals surface area contributed by atoms with Crippen molar-refractivity contribution >= 4 is 6.09 Å². The van der Waals surface area contributed by atoms with E-state index in [4.69, 9.17) is 9.47 Å². The van der Waals surface area contributed by atoms with E-state index in [0.29, 0.717) is 13.2 Å². The molecule has 4 rings (SSSR count). The molecule has 156 valence electrons. The van der Waals surface area contributed by atoms with Crippen molar-refractivity contribution in [3.05, 3.63) is 29.8 Å². The lowest BCUT2D eigenvalue weighted by Crippen LogP contribution is -2.50. The number of amides is 1. The Morgan fingerprint density at radius 2 is 1.57 bits per heavy atom. The first kappa shape index (κ1) is 21.0. The largest absolute Gasteiger partial charge is 0.497 e. The molecule has 2 bridgehead atoms. The van der Waals surface area contributed by atoms with Gasteiger partial charge in [-0.15, -0.1) is 0 Å². The van der Waals surface area contributed by atoms with E-state index >= 15 is 0 Å². The van der Waals surface area contributed by atoms with Crippen LogP contribution in [-0.4, -0.2) is 42.0 Å². The molecule has 5 nitrogen and oxygen atoms in total. The first-order valence-electron chi connectivity index (χ1n) is 10.4. The molecule has 0 saturated heterocycles. The van der Waals surface area contributed by atoms with Crippen LogP contribution in [0.4, 0.5) is 4.79 Å². The monoisotopic (exact) mass is 389 g/mol. The average molecular weight is 390 g/mol. The van der Waals surface area contributed by atoms with E-state index in [2.05, 4.69) is 0 Å². The predicted octanol–water partition coefficient (Wildman–Crippen LogP) is 4.77. The van der Waals surface area contributed by atoms with Crippen LogP contribution in [0.15, 0.2) is 24.3 Å². The number of carbonyl (C=O) groups is 1. The van der Waals surface area contributed by atoms with E-state index in [1.165, 1.54) is 0 Å². The topological polar surface area (TPSA) is 59.0 Å². The van der Waals surface area contributed by atoms with Crippen LogP contribution in [0.25, 0.3) is 0 Å². The fourth-order valence-corrected chi connectivity index (χ4v) is 4.68. The van der Waals surface area contributed by atoms with Crippen molar-refractivity contribution in [2.75, 3.05) is 20.3 Å². The van der Waals surface area contributed by atoms with E-state index < -0.39 is 5.60 Å². The third-order valence-corrected chi connectivity index (χ3v) is 6.60. The fraction of sp³-hybridized carbons (Fsp3) is 0.696. The molecule has 0 unspecified atom stereocenters. The van der Waals surface area contributed by atoms with Gasteiger partial charge < -0.3 is 19.5 Å². The molecule has 0 heterocycles. The molecule has 3 aliphatic carbocycles. The molecule has 0 aliphatic heterocycles. The summed E-state index contributed by atoms with van der Waals surface area (Å²) in [5.41, 5.74) is 0.840. The van der Waals surface area contributed by atoms with Crippen LogP contribution in [0.5, 0.6) is 5.75 Å². The van der Waals surface area contributed by atoms with Crippen molar-refractivity contribution < 1.29 is 19.4 Å². The lowest BCUT2D eigenvalue weighted by molar-refractivity contribution is -0.0602. The van der Waals surface area contributed by atoms with Crippen LogP contribution < -0.4 is 4.74 Å². The van der Waals surface area contributed by atoms with Gasteiger partial charge in [-0.3, -0.25) is 0 Å². The van der Waals surface area contributed by atoms with Crippen molar-refractivity contribution in [1.29, 1.82) is 0 Å². The Morgan fingerprint density at radius 1 is 1.04 bits per heavy atom. The summed E-state index contributed by atoms with van der Waals surface area (Å²) in [6.45, 7) is 7.27. The predicted molar refractivity (Wildman–Crippen MR) is 109 cm³/mol. The van der Waals surface area contributed by atoms with Gasteiger partial charge in [0.2, 0.25) is 0 Å². The maximum absolute atomic E-state index is 13.0. The number of nitrogens with zero attached hydrogens (tertiary/aromatic N) is 1. The number of fused-ring (bicyclic) bond motifs is 3. The quantitative estimate of drug-likeness (QED) is 0.762. The Bertz CT molecular complexity index is 652. The molecule has 3 saturated carbocycles. The number of benzene rings is 1. The Labute approximate surface area is 169 Å². The summed E-state index contributed by atoms with van der Waals surface area (Å²) < 4.78 is 11.0. The third-order valence-electron chi connectivity index (χ3n) is 6.60. The minimum absolute atomic E-state index is 0.133. The van der Waals surface area contributed by atoms with Gasteiger partial charge in [-0.1, -0.05) is 12.1 Å². The minimum Gasteiger partial charge on any atom is -0.497 e. The molecule has 1 amide bonds. The van der Waals surface area contributed by atoms with Crippen LogP contribution in [0.1, 0.15) is 64.9 Å². The van der Waals surface area contributed by atoms with E-state index in [0.717, 1.165) is 56.4 Å². The second kappa shape index (κ2) is 7.94. The number of aliphatic hydroxyl groups excluding tert-OH is 1. The molecule has 1 aromatic rings. The molecular weight excluding hydrogens is 354 g/mol. The average Bonchev–Trinajstić information content (AvgIpc) is 2.68. The highest BCUT2D eigenvalue weighted by atomic mass is 16.6. The van der Waals surface area contributed by atoms with Crippen LogP contribution in [0, 0.1) is 10.8 Å². The Morgan fingerprint density at radius 3 is 2.04 bits per heavy atom. The molecule has 3 aliphatic rings. The van der Waals surface area contributed by atoms with Crippen LogP contribution >= 0.6 is 0 Å². The molecule has 0 radical (unpaired) electrons. The fourth-order valence-electron chi connectivity index (χ4n) is 4.68. The van der Waals surface area contributed by atoms with Crippen molar-refractivity contribution in [1.82, 2.24) is 4.90 Å². The van der Waals surface area contributed by atoms with Gasteiger partial charge in [-0.2, -0.15) is 0 Å². The number of hydrogen-bond acceptors (Lipinski definition) is 4. The minimum atomic E-state index is -0.516. The molecule has 28 heavy (non-hydrogen) atoms. The lowest BCUT2D eigenvalue weighted by Gasteiger charge is -2.54. The Kier molecular flexibility index (Phi) is 5.95. The van der Waals surface area contributed by atoms with E-state index in [1.807, 2.05) is 49.9 Å². The van der Waals surface area contributed by atoms with Gasteiger partial charge in [-0.05, 0) is 87.8 Å². The second-order valence-electron chi connectivity index (χ2n) is 9.84. The molecule has 0 aromatic heterocycles. The maximum atomic E-state index is 13.0. The number of methoxy groups -OCH3 is 1. The number of carbonyl (C=O) groups excluding carboxylic acids is 1. The van der Waals surface area contributed by atoms with E-state index in [1.54, 1.807) is 7.11 Å². The number of aliphatic hydroxyl groups is 1. The van der Waals surface area contributed by atoms with Gasteiger partial charge in [0.15, 0.2) is 0 Å². The summed E-state index contributed by atoms with van der Waals surface area (Å²) in [6, 6.07) is 7.87. The molecule has 0 atom stereocenters. The summed E-state index contributed by atoms with van der Waals surface area (Å²) >= 11 is 0. The van der Waals surface area contributed by atoms with E-state index in [-0.39, 0.29) is 16.9 Å². The Hall–Kier alpha value is -1.75. The van der Waals surface area contributed by atoms with Crippen molar-refractivity contribution in [2.45, 2.75) is 71.4 Å². The van der Waals surface area contributed by atoms with Crippen LogP contribution in [0.2, 0.25) is 0 Å². The summed E-state index contributed by atoms with van der Waals surface area (Å²) in [4.78, 5) is 14.9. The molecule has 5 heteroatoms. The number of rotatable bonds is 6. The van der Waals surface area contributed by atoms with Crippen LogP contribution in [-0.2, 0) is 11.3 Å². The molecule has 3 fully saturated rings. The summed E-state index contributed by atoms with van der Waals surface area (Å²) in [5.74, 6) is 0.811. The van der Waals surface area contributed by atoms with Gasteiger partial charge in [0, 0.05) is 19.7 Å². The zero-order valence-corrected chi connectivity index (χ0v) is 17.8. The maximum Gasteiger partial charge on any atom is 0.410 e. The first-order chi connectivity index (χ1) is 13.2. The van der Waals surface area contributed by atoms with Gasteiger partial charge >= 0.3 is 6.09 Å². The molecular formula is C23H35NO4. The second-order valence-corrected chi connectivity index (χ2v) is 9.84. The third kappa shape index (κ3) is 4.80. The SMILES string of the molecule is COc1ccc(CN(CC23CCC(CO)(CC2)CC3)C(=O)OC(C)(C)C)cc1. The zero-order valence-electron chi connectivity index (χ0n) is 17.8. The van der Waals surface area contributed by atoms with E-state index in [9.17, 15) is 9.90 Å². The van der Waals surface area contributed by atoms with Gasteiger partial charge in [-0.25, -0.2) is 4.79 Å². The van der Waals surface area contributed by atoms with Crippen molar-refractivity contribution in [3.8, 4) is 5.75 Å². The van der Waals surface area contributed by atoms with Gasteiger partial charge in [0.05, 0.1) is 7.11 Å². The molecule has 1 N–H and O–H groups in total. The molecule has 1 aromatic carbocycles. The van der Waals surface area contributed by atoms with Gasteiger partial charge in [0.25, 0.3) is 0 Å². The standard InChI is InChI=1S/C23H35NO4/c1-21(2,3)28-20(26)24(15-18-5-7-19(27-4)8-6-18)16-22-9-12-23(17-25,13-10-22)14-11-22/h5-8,25H,9-17H2,1-4H3. The first-order valence-corrected chi connectivity index (χ1v) is 10.4. The Balaban J connectivity index is 1.75. The van der Waals surface area contributed by atoms with Crippen molar-refractivity contribution in [3.63, 3.8) is 0 Å². The summed E-state index contributed by atoms with van der Waals surface area (Å²) in [5, 5.41) is 9.79. The summed E-state index contributed by atoms with van der Waals surface area (Å²) in [6.07, 6.45) is 6.18. The van der Waals surface area contributed by atoms with Crippen molar-refractivity contribution in [2.24, 2.45) is 10.8 Å². The smallest absolute Gasteiger partial charge is 0.410 e. The highest BCUT2D eigenvalue weighted by Crippen LogP contribution is 2.56. The van der Waals surface area contributed by atoms with Gasteiger partial charge in [0.1, 0.15) is 11.4 Å². The summed E-state index contributed by atoms with van der Waals surface area (Å²) in [7, 11) is 1.65.